The highest BCUT2D eigenvalue weighted by atomic mass is 32.3. The Kier molecular flexibility index (Phi) is 6.87. The van der Waals surface area contributed by atoms with Crippen LogP contribution in [0.15, 0.2) is 101 Å². The number of benzene rings is 3. The summed E-state index contributed by atoms with van der Waals surface area (Å²) in [7, 11) is -8.84. The van der Waals surface area contributed by atoms with E-state index in [4.69, 9.17) is 0 Å². The Bertz CT molecular complexity index is 1160. The monoisotopic (exact) mass is 459 g/mol. The van der Waals surface area contributed by atoms with Gasteiger partial charge in [0.05, 0.1) is 9.79 Å². The Morgan fingerprint density at radius 2 is 1.06 bits per heavy atom. The molecule has 162 valence electrons. The zero-order chi connectivity index (χ0) is 22.5. The highest BCUT2D eigenvalue weighted by Crippen LogP contribution is 2.30. The van der Waals surface area contributed by atoms with Crippen molar-refractivity contribution in [3.63, 3.8) is 0 Å². The maximum atomic E-state index is 13.4. The fourth-order valence-electron chi connectivity index (χ4n) is 3.30. The molecule has 7 nitrogen and oxygen atoms in total. The van der Waals surface area contributed by atoms with Crippen LogP contribution in [0.5, 0.6) is 0 Å². The van der Waals surface area contributed by atoms with Crippen molar-refractivity contribution in [3.05, 3.63) is 107 Å². The second-order valence-corrected chi connectivity index (χ2v) is 11.6. The third-order valence-corrected chi connectivity index (χ3v) is 10.1. The molecule has 0 N–H and O–H groups in total. The Hall–Kier alpha value is -3.04. The molecule has 0 heterocycles. The molecule has 0 aromatic heterocycles. The maximum absolute atomic E-state index is 13.4. The molecule has 0 radical (unpaired) electrons. The third-order valence-electron chi connectivity index (χ3n) is 4.91. The first kappa shape index (κ1) is 22.6. The van der Waals surface area contributed by atoms with E-state index in [1.165, 1.54) is 48.5 Å². The minimum Gasteiger partial charge on any atom is -0.264 e. The van der Waals surface area contributed by atoms with Crippen LogP contribution in [0.4, 0.5) is 0 Å². The summed E-state index contributed by atoms with van der Waals surface area (Å²) in [4.78, 5) is 10.8. The van der Waals surface area contributed by atoms with E-state index in [9.17, 15) is 26.9 Å². The lowest BCUT2D eigenvalue weighted by molar-refractivity contribution is -0.522. The third kappa shape index (κ3) is 5.18. The van der Waals surface area contributed by atoms with Gasteiger partial charge in [-0.25, -0.2) is 16.8 Å². The highest BCUT2D eigenvalue weighted by Gasteiger charge is 2.44. The first-order valence-electron chi connectivity index (χ1n) is 9.48. The van der Waals surface area contributed by atoms with Gasteiger partial charge in [0.2, 0.25) is 6.04 Å². The zero-order valence-corrected chi connectivity index (χ0v) is 18.1. The largest absolute Gasteiger partial charge is 0.264 e. The molecular formula is C22H21NO6S2. The van der Waals surface area contributed by atoms with Crippen molar-refractivity contribution >= 4 is 19.7 Å². The van der Waals surface area contributed by atoms with Crippen LogP contribution >= 0.6 is 0 Å². The molecule has 0 aliphatic carbocycles. The van der Waals surface area contributed by atoms with Gasteiger partial charge in [-0.1, -0.05) is 66.7 Å². The van der Waals surface area contributed by atoms with Crippen molar-refractivity contribution in [1.82, 2.24) is 0 Å². The average molecular weight is 460 g/mol. The van der Waals surface area contributed by atoms with Crippen LogP contribution < -0.4 is 0 Å². The number of hydrogen-bond donors (Lipinski definition) is 0. The minimum atomic E-state index is -4.42. The smallest absolute Gasteiger partial charge is 0.219 e. The molecule has 0 aliphatic rings. The van der Waals surface area contributed by atoms with E-state index in [1.54, 1.807) is 42.5 Å². The molecule has 9 heteroatoms. The van der Waals surface area contributed by atoms with E-state index in [0.717, 1.165) is 0 Å². The fraction of sp³-hybridized carbons (Fsp3) is 0.182. The average Bonchev–Trinajstić information content (AvgIpc) is 2.78. The van der Waals surface area contributed by atoms with Gasteiger partial charge in [-0.2, -0.15) is 0 Å². The van der Waals surface area contributed by atoms with Gasteiger partial charge in [-0.05, 0) is 29.8 Å². The first-order valence-corrected chi connectivity index (χ1v) is 12.6. The van der Waals surface area contributed by atoms with Crippen LogP contribution in [0, 0.1) is 10.1 Å². The molecule has 0 amide bonds. The minimum absolute atomic E-state index is 0.0844. The van der Waals surface area contributed by atoms with E-state index in [0.29, 0.717) is 5.56 Å². The van der Waals surface area contributed by atoms with Crippen LogP contribution in [0.1, 0.15) is 12.0 Å². The van der Waals surface area contributed by atoms with E-state index in [1.807, 2.05) is 0 Å². The van der Waals surface area contributed by atoms with Gasteiger partial charge in [-0.3, -0.25) is 10.1 Å². The standard InChI is InChI=1S/C22H21NO6S2/c24-23(25)19(16-18-10-4-1-5-11-18)17-22(30(26,27)20-12-6-2-7-13-20)31(28,29)21-14-8-3-9-15-21/h1-15,19,22H,16-17H2/t19-/m1/s1. The molecule has 3 aromatic rings. The van der Waals surface area contributed by atoms with Crippen LogP contribution in [-0.4, -0.2) is 32.4 Å². The molecule has 3 aromatic carbocycles. The van der Waals surface area contributed by atoms with E-state index >= 15 is 0 Å². The summed E-state index contributed by atoms with van der Waals surface area (Å²) in [6, 6.07) is 21.5. The van der Waals surface area contributed by atoms with E-state index in [2.05, 4.69) is 0 Å². The molecular weight excluding hydrogens is 438 g/mol. The van der Waals surface area contributed by atoms with Crippen molar-refractivity contribution in [2.24, 2.45) is 0 Å². The molecule has 0 fully saturated rings. The van der Waals surface area contributed by atoms with Gasteiger partial charge in [0, 0.05) is 17.8 Å². The lowest BCUT2D eigenvalue weighted by atomic mass is 10.0. The van der Waals surface area contributed by atoms with Crippen molar-refractivity contribution in [3.8, 4) is 0 Å². The number of hydrogen-bond acceptors (Lipinski definition) is 6. The number of sulfone groups is 2. The van der Waals surface area contributed by atoms with E-state index < -0.39 is 41.6 Å². The lowest BCUT2D eigenvalue weighted by Gasteiger charge is -2.20. The Balaban J connectivity index is 2.08. The number of rotatable bonds is 9. The molecule has 0 bridgehead atoms. The van der Waals surface area contributed by atoms with Crippen LogP contribution in [0.2, 0.25) is 0 Å². The summed E-state index contributed by atoms with van der Waals surface area (Å²) >= 11 is 0. The summed E-state index contributed by atoms with van der Waals surface area (Å²) in [5, 5.41) is 11.8. The second kappa shape index (κ2) is 9.40. The summed E-state index contributed by atoms with van der Waals surface area (Å²) in [5.74, 6) is 0. The highest BCUT2D eigenvalue weighted by molar-refractivity contribution is 8.09. The van der Waals surface area contributed by atoms with Crippen LogP contribution in [-0.2, 0) is 26.1 Å². The number of nitro groups is 1. The Labute approximate surface area is 181 Å². The summed E-state index contributed by atoms with van der Waals surface area (Å²) in [6.45, 7) is 0. The Morgan fingerprint density at radius 3 is 1.45 bits per heavy atom. The van der Waals surface area contributed by atoms with Gasteiger partial charge in [0.1, 0.15) is 0 Å². The van der Waals surface area contributed by atoms with Gasteiger partial charge in [-0.15, -0.1) is 0 Å². The summed E-state index contributed by atoms with van der Waals surface area (Å²) in [6.07, 6.45) is -0.755. The Morgan fingerprint density at radius 1 is 0.677 bits per heavy atom. The molecule has 0 aliphatic heterocycles. The van der Waals surface area contributed by atoms with Gasteiger partial charge in [0.25, 0.3) is 0 Å². The molecule has 1 atom stereocenters. The molecule has 0 saturated heterocycles. The van der Waals surface area contributed by atoms with Gasteiger partial charge in [0.15, 0.2) is 24.3 Å². The summed E-state index contributed by atoms with van der Waals surface area (Å²) < 4.78 is 51.4. The van der Waals surface area contributed by atoms with E-state index in [-0.39, 0.29) is 16.2 Å². The summed E-state index contributed by atoms with van der Waals surface area (Å²) in [5.41, 5.74) is 0.622. The fourth-order valence-corrected chi connectivity index (χ4v) is 7.93. The topological polar surface area (TPSA) is 111 Å². The molecule has 3 rings (SSSR count). The quantitative estimate of drug-likeness (QED) is 0.357. The maximum Gasteiger partial charge on any atom is 0.219 e. The number of nitrogens with zero attached hydrogens (tertiary/aromatic N) is 1. The normalized spacial score (nSPS) is 13.1. The SMILES string of the molecule is O=[N+]([O-])[C@H](Cc1ccccc1)CC(S(=O)(=O)c1ccccc1)S(=O)(=O)c1ccccc1. The lowest BCUT2D eigenvalue weighted by Crippen LogP contribution is -2.37. The zero-order valence-electron chi connectivity index (χ0n) is 16.4. The molecule has 0 saturated carbocycles. The van der Waals surface area contributed by atoms with Crippen molar-refractivity contribution in [1.29, 1.82) is 0 Å². The second-order valence-electron chi connectivity index (χ2n) is 7.01. The molecule has 31 heavy (non-hydrogen) atoms. The van der Waals surface area contributed by atoms with Crippen LogP contribution in [0.3, 0.4) is 0 Å². The predicted molar refractivity (Wildman–Crippen MR) is 117 cm³/mol. The molecule has 0 spiro atoms. The molecule has 0 unspecified atom stereocenters. The van der Waals surface area contributed by atoms with Crippen LogP contribution in [0.25, 0.3) is 0 Å². The van der Waals surface area contributed by atoms with Gasteiger partial charge < -0.3 is 0 Å². The predicted octanol–water partition coefficient (Wildman–Crippen LogP) is 3.54. The van der Waals surface area contributed by atoms with Gasteiger partial charge >= 0.3 is 0 Å². The first-order chi connectivity index (χ1) is 14.7. The van der Waals surface area contributed by atoms with Crippen molar-refractivity contribution < 1.29 is 21.8 Å². The van der Waals surface area contributed by atoms with Crippen molar-refractivity contribution in [2.75, 3.05) is 0 Å². The van der Waals surface area contributed by atoms with Crippen molar-refractivity contribution in [2.45, 2.75) is 33.3 Å².